The monoisotopic (exact) mass is 306 g/mol. The summed E-state index contributed by atoms with van der Waals surface area (Å²) in [5, 5.41) is 0. The van der Waals surface area contributed by atoms with Gasteiger partial charge < -0.3 is 23.7 Å². The second-order valence-corrected chi connectivity index (χ2v) is 4.99. The minimum atomic E-state index is -0.646. The van der Waals surface area contributed by atoms with Crippen LogP contribution in [0.2, 0.25) is 0 Å². The van der Waals surface area contributed by atoms with Crippen LogP contribution in [-0.4, -0.2) is 59.0 Å². The Balaban J connectivity index is 3.10. The Kier molecular flexibility index (Phi) is 14.9. The molecule has 0 aliphatic carbocycles. The van der Waals surface area contributed by atoms with Crippen LogP contribution in [0.4, 0.5) is 4.79 Å². The molecule has 0 saturated carbocycles. The number of hydrogen-bond acceptors (Lipinski definition) is 6. The standard InChI is InChI=1S/C15H30O6/c1-4-5-6-17-7-8-18-9-10-19-11-12-20-15(16)21-13-14(2)3/h14H,4-13H2,1-3H3. The maximum Gasteiger partial charge on any atom is 0.508 e. The Hall–Kier alpha value is -0.850. The number of unbranched alkanes of at least 4 members (excludes halogenated alkanes) is 1. The van der Waals surface area contributed by atoms with E-state index in [4.69, 9.17) is 23.7 Å². The van der Waals surface area contributed by atoms with Crippen molar-refractivity contribution in [1.82, 2.24) is 0 Å². The first-order chi connectivity index (χ1) is 10.2. The Bertz CT molecular complexity index is 232. The van der Waals surface area contributed by atoms with Crippen LogP contribution in [0.1, 0.15) is 33.6 Å². The molecule has 0 aliphatic rings. The van der Waals surface area contributed by atoms with E-state index in [-0.39, 0.29) is 6.61 Å². The molecule has 126 valence electrons. The average Bonchev–Trinajstić information content (AvgIpc) is 2.46. The van der Waals surface area contributed by atoms with E-state index in [0.29, 0.717) is 45.6 Å². The summed E-state index contributed by atoms with van der Waals surface area (Å²) in [6, 6.07) is 0. The first-order valence-electron chi connectivity index (χ1n) is 7.69. The van der Waals surface area contributed by atoms with Crippen molar-refractivity contribution in [2.45, 2.75) is 33.6 Å². The average molecular weight is 306 g/mol. The molecule has 0 bridgehead atoms. The van der Waals surface area contributed by atoms with Gasteiger partial charge in [0.25, 0.3) is 0 Å². The molecule has 0 rings (SSSR count). The van der Waals surface area contributed by atoms with Gasteiger partial charge in [0.2, 0.25) is 0 Å². The first-order valence-corrected chi connectivity index (χ1v) is 7.69. The summed E-state index contributed by atoms with van der Waals surface area (Å²) < 4.78 is 25.6. The molecule has 0 N–H and O–H groups in total. The van der Waals surface area contributed by atoms with Crippen molar-refractivity contribution < 1.29 is 28.5 Å². The molecule has 0 atom stereocenters. The van der Waals surface area contributed by atoms with Gasteiger partial charge in [0.15, 0.2) is 0 Å². The van der Waals surface area contributed by atoms with Gasteiger partial charge in [0, 0.05) is 6.61 Å². The molecular formula is C15H30O6. The number of carbonyl (C=O) groups is 1. The summed E-state index contributed by atoms with van der Waals surface area (Å²) >= 11 is 0. The molecule has 0 unspecified atom stereocenters. The third-order valence-electron chi connectivity index (χ3n) is 2.37. The molecular weight excluding hydrogens is 276 g/mol. The minimum Gasteiger partial charge on any atom is -0.434 e. The Morgan fingerprint density at radius 2 is 1.33 bits per heavy atom. The lowest BCUT2D eigenvalue weighted by atomic mass is 10.2. The molecule has 6 nitrogen and oxygen atoms in total. The smallest absolute Gasteiger partial charge is 0.434 e. The Labute approximate surface area is 128 Å². The fourth-order valence-electron chi connectivity index (χ4n) is 1.25. The molecule has 0 aromatic heterocycles. The molecule has 21 heavy (non-hydrogen) atoms. The van der Waals surface area contributed by atoms with Crippen molar-refractivity contribution in [3.05, 3.63) is 0 Å². The molecule has 0 heterocycles. The van der Waals surface area contributed by atoms with Crippen molar-refractivity contribution in [3.8, 4) is 0 Å². The van der Waals surface area contributed by atoms with E-state index in [9.17, 15) is 4.79 Å². The summed E-state index contributed by atoms with van der Waals surface area (Å²) in [6.07, 6.45) is 1.58. The van der Waals surface area contributed by atoms with E-state index in [1.807, 2.05) is 13.8 Å². The molecule has 0 radical (unpaired) electrons. The maximum absolute atomic E-state index is 11.1. The van der Waals surface area contributed by atoms with Crippen molar-refractivity contribution in [2.24, 2.45) is 5.92 Å². The van der Waals surface area contributed by atoms with Gasteiger partial charge >= 0.3 is 6.16 Å². The third kappa shape index (κ3) is 17.1. The number of ether oxygens (including phenoxy) is 5. The van der Waals surface area contributed by atoms with E-state index in [0.717, 1.165) is 19.4 Å². The van der Waals surface area contributed by atoms with E-state index < -0.39 is 6.16 Å². The molecule has 0 fully saturated rings. The van der Waals surface area contributed by atoms with Gasteiger partial charge in [0.05, 0.1) is 39.6 Å². The zero-order chi connectivity index (χ0) is 15.8. The van der Waals surface area contributed by atoms with E-state index >= 15 is 0 Å². The lowest BCUT2D eigenvalue weighted by Crippen LogP contribution is -2.16. The van der Waals surface area contributed by atoms with Crippen LogP contribution in [0, 0.1) is 5.92 Å². The third-order valence-corrected chi connectivity index (χ3v) is 2.37. The van der Waals surface area contributed by atoms with Crippen molar-refractivity contribution in [1.29, 1.82) is 0 Å². The van der Waals surface area contributed by atoms with Crippen molar-refractivity contribution in [3.63, 3.8) is 0 Å². The fourth-order valence-corrected chi connectivity index (χ4v) is 1.25. The Morgan fingerprint density at radius 3 is 1.86 bits per heavy atom. The van der Waals surface area contributed by atoms with Crippen molar-refractivity contribution in [2.75, 3.05) is 52.9 Å². The highest BCUT2D eigenvalue weighted by Crippen LogP contribution is 1.94. The van der Waals surface area contributed by atoms with E-state index in [1.165, 1.54) is 0 Å². The molecule has 6 heteroatoms. The van der Waals surface area contributed by atoms with E-state index in [2.05, 4.69) is 6.92 Å². The number of carbonyl (C=O) groups excluding carboxylic acids is 1. The minimum absolute atomic E-state index is 0.192. The molecule has 0 aromatic rings. The van der Waals surface area contributed by atoms with Gasteiger partial charge in [-0.3, -0.25) is 0 Å². The highest BCUT2D eigenvalue weighted by Gasteiger charge is 2.04. The topological polar surface area (TPSA) is 63.2 Å². The van der Waals surface area contributed by atoms with Gasteiger partial charge in [-0.1, -0.05) is 27.2 Å². The van der Waals surface area contributed by atoms with Crippen molar-refractivity contribution >= 4 is 6.16 Å². The van der Waals surface area contributed by atoms with Crippen LogP contribution in [0.3, 0.4) is 0 Å². The molecule has 0 aromatic carbocycles. The summed E-state index contributed by atoms with van der Waals surface area (Å²) in [5.41, 5.74) is 0. The largest absolute Gasteiger partial charge is 0.508 e. The van der Waals surface area contributed by atoms with Crippen LogP contribution < -0.4 is 0 Å². The predicted molar refractivity (Wildman–Crippen MR) is 79.5 cm³/mol. The van der Waals surface area contributed by atoms with Gasteiger partial charge in [-0.05, 0) is 12.3 Å². The highest BCUT2D eigenvalue weighted by molar-refractivity contribution is 5.59. The highest BCUT2D eigenvalue weighted by atomic mass is 16.7. The van der Waals surface area contributed by atoms with Crippen LogP contribution in [0.15, 0.2) is 0 Å². The van der Waals surface area contributed by atoms with Crippen LogP contribution in [0.25, 0.3) is 0 Å². The fraction of sp³-hybridized carbons (Fsp3) is 0.933. The zero-order valence-electron chi connectivity index (χ0n) is 13.6. The summed E-state index contributed by atoms with van der Waals surface area (Å²) in [4.78, 5) is 11.1. The number of hydrogen-bond donors (Lipinski definition) is 0. The van der Waals surface area contributed by atoms with Gasteiger partial charge in [0.1, 0.15) is 6.61 Å². The zero-order valence-corrected chi connectivity index (χ0v) is 13.6. The van der Waals surface area contributed by atoms with Gasteiger partial charge in [-0.2, -0.15) is 0 Å². The maximum atomic E-state index is 11.1. The van der Waals surface area contributed by atoms with Crippen LogP contribution in [-0.2, 0) is 23.7 Å². The quantitative estimate of drug-likeness (QED) is 0.363. The van der Waals surface area contributed by atoms with Gasteiger partial charge in [-0.25, -0.2) is 4.79 Å². The predicted octanol–water partition coefficient (Wildman–Crippen LogP) is 2.65. The first kappa shape index (κ1) is 20.1. The van der Waals surface area contributed by atoms with Gasteiger partial charge in [-0.15, -0.1) is 0 Å². The second-order valence-electron chi connectivity index (χ2n) is 4.99. The normalized spacial score (nSPS) is 10.9. The lowest BCUT2D eigenvalue weighted by molar-refractivity contribution is -0.00478. The molecule has 0 amide bonds. The summed E-state index contributed by atoms with van der Waals surface area (Å²) in [5.74, 6) is 0.303. The lowest BCUT2D eigenvalue weighted by Gasteiger charge is -2.08. The molecule has 0 aliphatic heterocycles. The Morgan fingerprint density at radius 1 is 0.810 bits per heavy atom. The SMILES string of the molecule is CCCCOCCOCCOCCOC(=O)OCC(C)C. The summed E-state index contributed by atoms with van der Waals surface area (Å²) in [6.45, 7) is 9.92. The van der Waals surface area contributed by atoms with E-state index in [1.54, 1.807) is 0 Å². The van der Waals surface area contributed by atoms with Crippen LogP contribution >= 0.6 is 0 Å². The van der Waals surface area contributed by atoms with Crippen LogP contribution in [0.5, 0.6) is 0 Å². The summed E-state index contributed by atoms with van der Waals surface area (Å²) in [7, 11) is 0. The molecule has 0 saturated heterocycles. The second kappa shape index (κ2) is 15.5. The molecule has 0 spiro atoms. The number of rotatable bonds is 14.